The van der Waals surface area contributed by atoms with Crippen LogP contribution < -0.4 is 4.74 Å². The monoisotopic (exact) mass is 289 g/mol. The minimum atomic E-state index is 0.370. The first-order valence-electron chi connectivity index (χ1n) is 6.27. The van der Waals surface area contributed by atoms with Gasteiger partial charge in [-0.15, -0.1) is 0 Å². The van der Waals surface area contributed by atoms with E-state index in [9.17, 15) is 0 Å². The van der Waals surface area contributed by atoms with Crippen molar-refractivity contribution in [2.75, 3.05) is 0 Å². The molecule has 0 spiro atoms. The number of rotatable bonds is 4. The molecule has 2 rings (SSSR count). The van der Waals surface area contributed by atoms with E-state index in [1.807, 2.05) is 49.4 Å². The zero-order valence-electron chi connectivity index (χ0n) is 11.4. The van der Waals surface area contributed by atoms with E-state index in [1.165, 1.54) is 0 Å². The summed E-state index contributed by atoms with van der Waals surface area (Å²) in [5.74, 6) is 0.681. The Bertz CT molecular complexity index is 638. The summed E-state index contributed by atoms with van der Waals surface area (Å²) in [7, 11) is 0. The number of benzene rings is 2. The molecule has 4 heteroatoms. The van der Waals surface area contributed by atoms with Gasteiger partial charge in [0.2, 0.25) is 0 Å². The first-order valence-corrected chi connectivity index (χ1v) is 6.65. The molecule has 0 saturated carbocycles. The lowest BCUT2D eigenvalue weighted by atomic mass is 10.1. The van der Waals surface area contributed by atoms with Gasteiger partial charge in [-0.05, 0) is 37.6 Å². The summed E-state index contributed by atoms with van der Waals surface area (Å²) in [5.41, 5.74) is 3.28. The van der Waals surface area contributed by atoms with Crippen LogP contribution in [0.3, 0.4) is 0 Å². The minimum Gasteiger partial charge on any atom is -0.488 e. The predicted molar refractivity (Wildman–Crippen MR) is 81.0 cm³/mol. The van der Waals surface area contributed by atoms with Crippen molar-refractivity contribution < 1.29 is 9.94 Å². The molecule has 2 aromatic carbocycles. The van der Waals surface area contributed by atoms with E-state index in [4.69, 9.17) is 21.5 Å². The molecule has 0 atom stereocenters. The quantitative estimate of drug-likeness (QED) is 0.514. The summed E-state index contributed by atoms with van der Waals surface area (Å²) in [6.07, 6.45) is 0. The molecule has 1 N–H and O–H groups in total. The highest BCUT2D eigenvalue weighted by atomic mass is 35.5. The number of oxime groups is 1. The fourth-order valence-electron chi connectivity index (χ4n) is 1.87. The third-order valence-electron chi connectivity index (χ3n) is 3.02. The van der Waals surface area contributed by atoms with E-state index >= 15 is 0 Å². The van der Waals surface area contributed by atoms with Crippen molar-refractivity contribution in [1.29, 1.82) is 0 Å². The van der Waals surface area contributed by atoms with Crippen LogP contribution in [0.25, 0.3) is 0 Å². The fourth-order valence-corrected chi connectivity index (χ4v) is 2.06. The third kappa shape index (κ3) is 3.31. The minimum absolute atomic E-state index is 0.370. The average Bonchev–Trinajstić information content (AvgIpc) is 2.46. The Kier molecular flexibility index (Phi) is 4.64. The molecule has 0 amide bonds. The molecule has 0 fully saturated rings. The van der Waals surface area contributed by atoms with Crippen molar-refractivity contribution in [1.82, 2.24) is 0 Å². The van der Waals surface area contributed by atoms with E-state index < -0.39 is 0 Å². The molecule has 3 nitrogen and oxygen atoms in total. The van der Waals surface area contributed by atoms with Gasteiger partial charge >= 0.3 is 0 Å². The van der Waals surface area contributed by atoms with Crippen LogP contribution in [0.15, 0.2) is 47.6 Å². The lowest BCUT2D eigenvalue weighted by Gasteiger charge is -2.12. The number of ether oxygens (including phenoxy) is 1. The van der Waals surface area contributed by atoms with E-state index in [0.29, 0.717) is 23.1 Å². The predicted octanol–water partition coefficient (Wildman–Crippen LogP) is 4.43. The van der Waals surface area contributed by atoms with Gasteiger partial charge in [0.05, 0.1) is 5.71 Å². The number of halogens is 1. The Morgan fingerprint density at radius 2 is 2.00 bits per heavy atom. The maximum Gasteiger partial charge on any atom is 0.129 e. The summed E-state index contributed by atoms with van der Waals surface area (Å²) in [5, 5.41) is 12.8. The van der Waals surface area contributed by atoms with Crippen LogP contribution in [0.2, 0.25) is 5.02 Å². The maximum absolute atomic E-state index is 8.92. The molecule has 0 aliphatic rings. The Labute approximate surface area is 123 Å². The molecule has 0 bridgehead atoms. The van der Waals surface area contributed by atoms with Gasteiger partial charge in [-0.3, -0.25) is 0 Å². The second-order valence-electron chi connectivity index (χ2n) is 4.57. The zero-order valence-corrected chi connectivity index (χ0v) is 12.2. The molecule has 0 saturated heterocycles. The fraction of sp³-hybridized carbons (Fsp3) is 0.188. The Morgan fingerprint density at radius 3 is 2.70 bits per heavy atom. The molecule has 20 heavy (non-hydrogen) atoms. The van der Waals surface area contributed by atoms with Crippen molar-refractivity contribution >= 4 is 17.3 Å². The molecular weight excluding hydrogens is 274 g/mol. The van der Waals surface area contributed by atoms with E-state index in [0.717, 1.165) is 16.7 Å². The van der Waals surface area contributed by atoms with Crippen LogP contribution in [-0.2, 0) is 6.61 Å². The summed E-state index contributed by atoms with van der Waals surface area (Å²) in [6.45, 7) is 4.08. The maximum atomic E-state index is 8.92. The SMILES string of the molecule is CC(=NO)c1ccc(C)cc1OCc1ccccc1Cl. The van der Waals surface area contributed by atoms with Crippen LogP contribution in [0, 0.1) is 6.92 Å². The van der Waals surface area contributed by atoms with Gasteiger partial charge < -0.3 is 9.94 Å². The highest BCUT2D eigenvalue weighted by Crippen LogP contribution is 2.24. The standard InChI is InChI=1S/C16H16ClNO2/c1-11-7-8-14(12(2)18-19)16(9-11)20-10-13-5-3-4-6-15(13)17/h3-9,19H,10H2,1-2H3. The largest absolute Gasteiger partial charge is 0.488 e. The van der Waals surface area contributed by atoms with Gasteiger partial charge in [0.25, 0.3) is 0 Å². The highest BCUT2D eigenvalue weighted by Gasteiger charge is 2.09. The molecule has 104 valence electrons. The molecule has 0 heterocycles. The molecule has 0 aromatic heterocycles. The van der Waals surface area contributed by atoms with Crippen LogP contribution in [-0.4, -0.2) is 10.9 Å². The van der Waals surface area contributed by atoms with Crippen LogP contribution in [0.5, 0.6) is 5.75 Å². The second-order valence-corrected chi connectivity index (χ2v) is 4.97. The van der Waals surface area contributed by atoms with Crippen LogP contribution in [0.1, 0.15) is 23.6 Å². The number of hydrogen-bond donors (Lipinski definition) is 1. The summed E-state index contributed by atoms with van der Waals surface area (Å²) < 4.78 is 5.83. The van der Waals surface area contributed by atoms with Gasteiger partial charge in [-0.1, -0.05) is 41.0 Å². The Hall–Kier alpha value is -2.00. The van der Waals surface area contributed by atoms with Gasteiger partial charge in [-0.25, -0.2) is 0 Å². The second kappa shape index (κ2) is 6.44. The number of nitrogens with zero attached hydrogens (tertiary/aromatic N) is 1. The molecular formula is C16H16ClNO2. The smallest absolute Gasteiger partial charge is 0.129 e. The van der Waals surface area contributed by atoms with Crippen molar-refractivity contribution in [3.63, 3.8) is 0 Å². The van der Waals surface area contributed by atoms with Gasteiger partial charge in [0.1, 0.15) is 12.4 Å². The topological polar surface area (TPSA) is 41.8 Å². The summed E-state index contributed by atoms with van der Waals surface area (Å²) in [6, 6.07) is 13.3. The number of hydrogen-bond acceptors (Lipinski definition) is 3. The van der Waals surface area contributed by atoms with Gasteiger partial charge in [0.15, 0.2) is 0 Å². The average molecular weight is 290 g/mol. The highest BCUT2D eigenvalue weighted by molar-refractivity contribution is 6.31. The van der Waals surface area contributed by atoms with Gasteiger partial charge in [0, 0.05) is 16.1 Å². The Morgan fingerprint density at radius 1 is 1.25 bits per heavy atom. The zero-order chi connectivity index (χ0) is 14.5. The van der Waals surface area contributed by atoms with Crippen molar-refractivity contribution in [2.24, 2.45) is 5.16 Å². The normalized spacial score (nSPS) is 11.4. The van der Waals surface area contributed by atoms with Crippen molar-refractivity contribution in [3.05, 3.63) is 64.2 Å². The third-order valence-corrected chi connectivity index (χ3v) is 3.39. The van der Waals surface area contributed by atoms with Crippen molar-refractivity contribution in [2.45, 2.75) is 20.5 Å². The molecule has 0 aliphatic carbocycles. The molecule has 0 unspecified atom stereocenters. The van der Waals surface area contributed by atoms with E-state index in [-0.39, 0.29) is 0 Å². The first-order chi connectivity index (χ1) is 9.61. The Balaban J connectivity index is 2.25. The van der Waals surface area contributed by atoms with Crippen LogP contribution >= 0.6 is 11.6 Å². The van der Waals surface area contributed by atoms with Crippen LogP contribution in [0.4, 0.5) is 0 Å². The summed E-state index contributed by atoms with van der Waals surface area (Å²) >= 11 is 6.11. The van der Waals surface area contributed by atoms with E-state index in [1.54, 1.807) is 6.92 Å². The molecule has 2 aromatic rings. The van der Waals surface area contributed by atoms with Crippen molar-refractivity contribution in [3.8, 4) is 5.75 Å². The lowest BCUT2D eigenvalue weighted by molar-refractivity contribution is 0.303. The van der Waals surface area contributed by atoms with E-state index in [2.05, 4.69) is 5.16 Å². The molecule has 0 radical (unpaired) electrons. The van der Waals surface area contributed by atoms with Gasteiger partial charge in [-0.2, -0.15) is 0 Å². The first kappa shape index (κ1) is 14.4. The molecule has 0 aliphatic heterocycles. The number of aryl methyl sites for hydroxylation is 1. The lowest BCUT2D eigenvalue weighted by Crippen LogP contribution is -2.03. The summed E-state index contributed by atoms with van der Waals surface area (Å²) in [4.78, 5) is 0.